The van der Waals surface area contributed by atoms with Crippen LogP contribution in [0.4, 0.5) is 11.5 Å². The molecular formula is C11H10N4O2. The van der Waals surface area contributed by atoms with Gasteiger partial charge in [0.2, 0.25) is 0 Å². The molecule has 0 atom stereocenters. The van der Waals surface area contributed by atoms with Crippen molar-refractivity contribution < 1.29 is 4.92 Å². The number of hydrogen-bond acceptors (Lipinski definition) is 5. The van der Waals surface area contributed by atoms with E-state index in [0.29, 0.717) is 17.1 Å². The summed E-state index contributed by atoms with van der Waals surface area (Å²) in [7, 11) is 1.74. The number of nitrogens with zero attached hydrogens (tertiary/aromatic N) is 3. The first-order valence-electron chi connectivity index (χ1n) is 4.95. The molecule has 17 heavy (non-hydrogen) atoms. The Bertz CT molecular complexity index is 557. The molecule has 0 saturated carbocycles. The minimum atomic E-state index is -0.432. The van der Waals surface area contributed by atoms with E-state index in [1.54, 1.807) is 31.6 Å². The lowest BCUT2D eigenvalue weighted by Crippen LogP contribution is -1.95. The molecule has 1 aromatic heterocycles. The van der Waals surface area contributed by atoms with Gasteiger partial charge in [0.25, 0.3) is 5.69 Å². The van der Waals surface area contributed by atoms with Crippen LogP contribution in [0, 0.1) is 10.1 Å². The molecule has 1 N–H and O–H groups in total. The van der Waals surface area contributed by atoms with E-state index in [0.717, 1.165) is 0 Å². The number of nitrogens with one attached hydrogen (secondary N) is 1. The molecule has 0 aliphatic carbocycles. The number of aromatic nitrogens is 2. The topological polar surface area (TPSA) is 81.0 Å². The molecule has 2 rings (SSSR count). The fourth-order valence-corrected chi connectivity index (χ4v) is 1.40. The van der Waals surface area contributed by atoms with Gasteiger partial charge in [0, 0.05) is 24.7 Å². The van der Waals surface area contributed by atoms with Crippen molar-refractivity contribution >= 4 is 11.5 Å². The monoisotopic (exact) mass is 230 g/mol. The van der Waals surface area contributed by atoms with Crippen molar-refractivity contribution in [2.24, 2.45) is 0 Å². The molecule has 0 fully saturated rings. The number of hydrogen-bond donors (Lipinski definition) is 1. The highest BCUT2D eigenvalue weighted by Gasteiger charge is 2.08. The van der Waals surface area contributed by atoms with E-state index in [2.05, 4.69) is 15.3 Å². The lowest BCUT2D eigenvalue weighted by atomic mass is 10.1. The smallest absolute Gasteiger partial charge is 0.270 e. The fourth-order valence-electron chi connectivity index (χ4n) is 1.40. The Morgan fingerprint density at radius 1 is 1.35 bits per heavy atom. The second-order valence-electron chi connectivity index (χ2n) is 3.35. The zero-order chi connectivity index (χ0) is 12.3. The van der Waals surface area contributed by atoms with Crippen molar-refractivity contribution in [3.63, 3.8) is 0 Å². The number of anilines is 1. The molecule has 86 valence electrons. The van der Waals surface area contributed by atoms with E-state index < -0.39 is 4.92 Å². The zero-order valence-corrected chi connectivity index (χ0v) is 9.12. The fraction of sp³-hybridized carbons (Fsp3) is 0.0909. The van der Waals surface area contributed by atoms with Crippen LogP contribution < -0.4 is 5.32 Å². The van der Waals surface area contributed by atoms with Gasteiger partial charge >= 0.3 is 0 Å². The molecule has 6 heteroatoms. The first kappa shape index (κ1) is 11.0. The van der Waals surface area contributed by atoms with Crippen molar-refractivity contribution in [1.29, 1.82) is 0 Å². The normalized spacial score (nSPS) is 9.94. The van der Waals surface area contributed by atoms with Crippen LogP contribution in [-0.4, -0.2) is 21.9 Å². The lowest BCUT2D eigenvalue weighted by molar-refractivity contribution is -0.384. The molecule has 0 aliphatic rings. The maximum atomic E-state index is 10.7. The molecule has 1 aromatic carbocycles. The predicted molar refractivity (Wildman–Crippen MR) is 63.7 cm³/mol. The van der Waals surface area contributed by atoms with E-state index in [1.807, 2.05) is 0 Å². The Morgan fingerprint density at radius 3 is 2.88 bits per heavy atom. The molecule has 0 aliphatic heterocycles. The Kier molecular flexibility index (Phi) is 2.95. The molecule has 0 radical (unpaired) electrons. The number of nitro benzene ring substituents is 1. The van der Waals surface area contributed by atoms with E-state index in [1.165, 1.54) is 12.1 Å². The van der Waals surface area contributed by atoms with Crippen LogP contribution in [0.15, 0.2) is 36.7 Å². The highest BCUT2D eigenvalue weighted by Crippen LogP contribution is 2.22. The summed E-state index contributed by atoms with van der Waals surface area (Å²) >= 11 is 0. The van der Waals surface area contributed by atoms with E-state index in [9.17, 15) is 10.1 Å². The van der Waals surface area contributed by atoms with Gasteiger partial charge < -0.3 is 5.32 Å². The summed E-state index contributed by atoms with van der Waals surface area (Å²) in [6.07, 6.45) is 3.15. The molecule has 0 bridgehead atoms. The van der Waals surface area contributed by atoms with Gasteiger partial charge in [-0.15, -0.1) is 0 Å². The molecule has 0 amide bonds. The van der Waals surface area contributed by atoms with Crippen LogP contribution in [0.3, 0.4) is 0 Å². The molecule has 0 unspecified atom stereocenters. The molecule has 0 spiro atoms. The van der Waals surface area contributed by atoms with E-state index >= 15 is 0 Å². The Balaban J connectivity index is 2.45. The van der Waals surface area contributed by atoms with Crippen molar-refractivity contribution in [3.8, 4) is 11.3 Å². The van der Waals surface area contributed by atoms with Crippen molar-refractivity contribution in [3.05, 3.63) is 46.8 Å². The van der Waals surface area contributed by atoms with E-state index in [4.69, 9.17) is 0 Å². The van der Waals surface area contributed by atoms with Gasteiger partial charge in [0.15, 0.2) is 0 Å². The van der Waals surface area contributed by atoms with Crippen LogP contribution in [0.5, 0.6) is 0 Å². The van der Waals surface area contributed by atoms with Crippen LogP contribution in [0.1, 0.15) is 0 Å². The second kappa shape index (κ2) is 4.56. The number of rotatable bonds is 3. The molecule has 2 aromatic rings. The summed E-state index contributed by atoms with van der Waals surface area (Å²) in [5.41, 5.74) is 1.31. The molecule has 0 saturated heterocycles. The third kappa shape index (κ3) is 2.36. The first-order valence-corrected chi connectivity index (χ1v) is 4.95. The standard InChI is InChI=1S/C11H10N4O2/c1-12-11-7-13-6-10(14-11)8-3-2-4-9(5-8)15(16)17/h2-7H,1H3,(H,12,14). The summed E-state index contributed by atoms with van der Waals surface area (Å²) < 4.78 is 0. The third-order valence-corrected chi connectivity index (χ3v) is 2.24. The summed E-state index contributed by atoms with van der Waals surface area (Å²) in [6, 6.07) is 6.31. The van der Waals surface area contributed by atoms with Crippen LogP contribution >= 0.6 is 0 Å². The first-order chi connectivity index (χ1) is 8.20. The average molecular weight is 230 g/mol. The maximum Gasteiger partial charge on any atom is 0.270 e. The highest BCUT2D eigenvalue weighted by atomic mass is 16.6. The molecular weight excluding hydrogens is 220 g/mol. The SMILES string of the molecule is CNc1cncc(-c2cccc([N+](=O)[O-])c2)n1. The largest absolute Gasteiger partial charge is 0.372 e. The summed E-state index contributed by atoms with van der Waals surface area (Å²) in [5, 5.41) is 13.5. The average Bonchev–Trinajstić information content (AvgIpc) is 2.39. The van der Waals surface area contributed by atoms with E-state index in [-0.39, 0.29) is 5.69 Å². The van der Waals surface area contributed by atoms with Crippen LogP contribution in [0.2, 0.25) is 0 Å². The minimum absolute atomic E-state index is 0.0409. The van der Waals surface area contributed by atoms with Crippen molar-refractivity contribution in [2.45, 2.75) is 0 Å². The van der Waals surface area contributed by atoms with Gasteiger partial charge in [0.1, 0.15) is 5.82 Å². The Morgan fingerprint density at radius 2 is 2.18 bits per heavy atom. The van der Waals surface area contributed by atoms with Gasteiger partial charge in [0.05, 0.1) is 23.0 Å². The van der Waals surface area contributed by atoms with Gasteiger partial charge in [-0.3, -0.25) is 15.1 Å². The van der Waals surface area contributed by atoms with Crippen LogP contribution in [-0.2, 0) is 0 Å². The summed E-state index contributed by atoms with van der Waals surface area (Å²) in [4.78, 5) is 18.5. The number of non-ortho nitro benzene ring substituents is 1. The highest BCUT2D eigenvalue weighted by molar-refractivity contribution is 5.62. The number of nitro groups is 1. The van der Waals surface area contributed by atoms with Gasteiger partial charge in [-0.05, 0) is 0 Å². The third-order valence-electron chi connectivity index (χ3n) is 2.24. The van der Waals surface area contributed by atoms with Gasteiger partial charge in [-0.1, -0.05) is 12.1 Å². The predicted octanol–water partition coefficient (Wildman–Crippen LogP) is 2.09. The Labute approximate surface area is 97.5 Å². The van der Waals surface area contributed by atoms with Gasteiger partial charge in [-0.25, -0.2) is 4.98 Å². The number of benzene rings is 1. The summed E-state index contributed by atoms with van der Waals surface area (Å²) in [5.74, 6) is 0.619. The maximum absolute atomic E-state index is 10.7. The second-order valence-corrected chi connectivity index (χ2v) is 3.35. The lowest BCUT2D eigenvalue weighted by Gasteiger charge is -2.03. The molecule has 1 heterocycles. The quantitative estimate of drug-likeness (QED) is 0.645. The molecule has 6 nitrogen and oxygen atoms in total. The summed E-state index contributed by atoms with van der Waals surface area (Å²) in [6.45, 7) is 0. The Hall–Kier alpha value is -2.50. The van der Waals surface area contributed by atoms with Crippen LogP contribution in [0.25, 0.3) is 11.3 Å². The minimum Gasteiger partial charge on any atom is -0.372 e. The van der Waals surface area contributed by atoms with Crippen molar-refractivity contribution in [1.82, 2.24) is 9.97 Å². The van der Waals surface area contributed by atoms with Gasteiger partial charge in [-0.2, -0.15) is 0 Å². The zero-order valence-electron chi connectivity index (χ0n) is 9.12. The van der Waals surface area contributed by atoms with Crippen molar-refractivity contribution in [2.75, 3.05) is 12.4 Å².